The van der Waals surface area contributed by atoms with Crippen LogP contribution in [0.3, 0.4) is 0 Å². The summed E-state index contributed by atoms with van der Waals surface area (Å²) in [4.78, 5) is 54.8. The molecule has 12 nitrogen and oxygen atoms in total. The molecular weight excluding hydrogens is 641 g/mol. The van der Waals surface area contributed by atoms with Crippen LogP contribution in [-0.4, -0.2) is 59.1 Å². The molecule has 4 aromatic rings. The number of amides is 2. The zero-order valence-electron chi connectivity index (χ0n) is 24.3. The first kappa shape index (κ1) is 31.3. The number of carbonyl (C=O) groups excluding carboxylic acids is 2. The molecule has 1 fully saturated rings. The lowest BCUT2D eigenvalue weighted by atomic mass is 10.1. The highest BCUT2D eigenvalue weighted by Gasteiger charge is 2.29. The Kier molecular flexibility index (Phi) is 9.11. The molecule has 14 heteroatoms. The third-order valence-electron chi connectivity index (χ3n) is 7.79. The third-order valence-corrected chi connectivity index (χ3v) is 8.33. The van der Waals surface area contributed by atoms with E-state index in [4.69, 9.17) is 41.8 Å². The lowest BCUT2D eigenvalue weighted by Gasteiger charge is -2.29. The van der Waals surface area contributed by atoms with E-state index in [9.17, 15) is 24.5 Å². The summed E-state index contributed by atoms with van der Waals surface area (Å²) >= 11 is 12.4. The second-order valence-corrected chi connectivity index (χ2v) is 11.8. The Balaban J connectivity index is 1.32. The van der Waals surface area contributed by atoms with Crippen LogP contribution in [0.5, 0.6) is 11.5 Å². The molecule has 1 saturated heterocycles. The lowest BCUT2D eigenvalue weighted by molar-refractivity contribution is -0.384. The van der Waals surface area contributed by atoms with Gasteiger partial charge >= 0.3 is 0 Å². The summed E-state index contributed by atoms with van der Waals surface area (Å²) in [6.45, 7) is 0.222. The van der Waals surface area contributed by atoms with Crippen LogP contribution in [-0.2, 0) is 22.6 Å². The van der Waals surface area contributed by atoms with Crippen molar-refractivity contribution < 1.29 is 33.1 Å². The van der Waals surface area contributed by atoms with Crippen molar-refractivity contribution in [2.24, 2.45) is 0 Å². The summed E-state index contributed by atoms with van der Waals surface area (Å²) in [7, 11) is 0. The van der Waals surface area contributed by atoms with Gasteiger partial charge in [0.15, 0.2) is 16.9 Å². The van der Waals surface area contributed by atoms with Gasteiger partial charge in [-0.1, -0.05) is 29.3 Å². The van der Waals surface area contributed by atoms with E-state index in [0.29, 0.717) is 40.7 Å². The summed E-state index contributed by atoms with van der Waals surface area (Å²) in [6, 6.07) is 13.5. The summed E-state index contributed by atoms with van der Waals surface area (Å²) < 4.78 is 22.4. The number of benzene rings is 3. The average molecular weight is 668 g/mol. The van der Waals surface area contributed by atoms with Crippen molar-refractivity contribution in [3.63, 3.8) is 0 Å². The van der Waals surface area contributed by atoms with E-state index in [2.05, 4.69) is 0 Å². The minimum atomic E-state index is -0.612. The summed E-state index contributed by atoms with van der Waals surface area (Å²) in [6.07, 6.45) is 2.49. The maximum atomic E-state index is 14.1. The quantitative estimate of drug-likeness (QED) is 0.156. The molecule has 2 aliphatic rings. The molecule has 0 radical (unpaired) electrons. The van der Waals surface area contributed by atoms with Gasteiger partial charge in [0.2, 0.25) is 12.7 Å². The van der Waals surface area contributed by atoms with Crippen LogP contribution in [0.1, 0.15) is 34.3 Å². The minimum Gasteiger partial charge on any atom is -0.464 e. The zero-order valence-corrected chi connectivity index (χ0v) is 25.8. The first-order valence-electron chi connectivity index (χ1n) is 14.4. The number of hydrogen-bond donors (Lipinski definition) is 0. The molecular formula is C32H27Cl2N3O9. The van der Waals surface area contributed by atoms with Gasteiger partial charge in [-0.3, -0.25) is 24.5 Å². The fourth-order valence-electron chi connectivity index (χ4n) is 5.43. The third kappa shape index (κ3) is 6.79. The number of fused-ring (bicyclic) bond motifs is 2. The van der Waals surface area contributed by atoms with Gasteiger partial charge in [0.1, 0.15) is 12.1 Å². The minimum absolute atomic E-state index is 0.00689. The van der Waals surface area contributed by atoms with Crippen LogP contribution in [0.4, 0.5) is 5.69 Å². The van der Waals surface area contributed by atoms with E-state index >= 15 is 0 Å². The largest absolute Gasteiger partial charge is 0.464 e. The van der Waals surface area contributed by atoms with Crippen LogP contribution in [0.15, 0.2) is 70.1 Å². The fraction of sp³-hybridized carbons (Fsp3) is 0.281. The number of carbonyl (C=O) groups is 2. The van der Waals surface area contributed by atoms with Crippen LogP contribution >= 0.6 is 23.2 Å². The Morgan fingerprint density at radius 2 is 1.80 bits per heavy atom. The first-order valence-corrected chi connectivity index (χ1v) is 15.1. The van der Waals surface area contributed by atoms with Gasteiger partial charge in [0.05, 0.1) is 45.4 Å². The topological polar surface area (TPSA) is 142 Å². The summed E-state index contributed by atoms with van der Waals surface area (Å²) in [5.41, 5.74) is 0.638. The molecule has 0 bridgehead atoms. The highest BCUT2D eigenvalue weighted by Crippen LogP contribution is 2.33. The molecule has 0 N–H and O–H groups in total. The maximum absolute atomic E-state index is 14.1. The Hall–Kier alpha value is -4.65. The van der Waals surface area contributed by atoms with Gasteiger partial charge in [-0.25, -0.2) is 0 Å². The molecule has 1 aromatic heterocycles. The van der Waals surface area contributed by atoms with Crippen molar-refractivity contribution in [3.8, 4) is 11.5 Å². The van der Waals surface area contributed by atoms with Crippen LogP contribution in [0.2, 0.25) is 10.0 Å². The van der Waals surface area contributed by atoms with Crippen LogP contribution < -0.4 is 14.9 Å². The van der Waals surface area contributed by atoms with Gasteiger partial charge in [-0.15, -0.1) is 0 Å². The molecule has 46 heavy (non-hydrogen) atoms. The van der Waals surface area contributed by atoms with Crippen molar-refractivity contribution in [2.45, 2.75) is 32.0 Å². The number of ether oxygens (including phenoxy) is 3. The van der Waals surface area contributed by atoms with E-state index in [1.807, 2.05) is 0 Å². The van der Waals surface area contributed by atoms with Gasteiger partial charge in [0.25, 0.3) is 11.6 Å². The predicted molar refractivity (Wildman–Crippen MR) is 167 cm³/mol. The Labute approximate surface area is 272 Å². The van der Waals surface area contributed by atoms with E-state index < -0.39 is 16.7 Å². The van der Waals surface area contributed by atoms with Gasteiger partial charge in [0, 0.05) is 36.9 Å². The predicted octanol–water partition coefficient (Wildman–Crippen LogP) is 5.59. The number of nitrogens with zero attached hydrogens (tertiary/aromatic N) is 3. The molecule has 1 unspecified atom stereocenters. The summed E-state index contributed by atoms with van der Waals surface area (Å²) in [5.74, 6) is 0.0222. The van der Waals surface area contributed by atoms with Crippen molar-refractivity contribution in [1.82, 2.24) is 9.80 Å². The first-order chi connectivity index (χ1) is 22.2. The van der Waals surface area contributed by atoms with Crippen molar-refractivity contribution in [3.05, 3.63) is 108 Å². The summed E-state index contributed by atoms with van der Waals surface area (Å²) in [5, 5.41) is 11.7. The normalized spacial score (nSPS) is 15.2. The average Bonchev–Trinajstić information content (AvgIpc) is 3.73. The molecule has 6 rings (SSSR count). The molecule has 0 saturated carbocycles. The molecule has 0 aliphatic carbocycles. The monoisotopic (exact) mass is 667 g/mol. The van der Waals surface area contributed by atoms with Gasteiger partial charge in [-0.2, -0.15) is 0 Å². The standard InChI is InChI=1S/C32H27Cl2N3O9/c33-21-4-8-27-25(11-21)31(39)20(17-44-27)14-35(13-19-3-7-28-29(10-19)46-18-45-28)30(38)16-36(15-23-2-1-9-43-23)32(40)24-6-5-22(37(41)42)12-26(24)34/h3-8,10-12,17,23H,1-2,9,13-16,18H2. The molecule has 1 atom stereocenters. The highest BCUT2D eigenvalue weighted by atomic mass is 35.5. The van der Waals surface area contributed by atoms with E-state index in [1.54, 1.807) is 30.3 Å². The van der Waals surface area contributed by atoms with E-state index in [-0.39, 0.29) is 71.7 Å². The number of nitro groups is 1. The molecule has 2 amide bonds. The van der Waals surface area contributed by atoms with E-state index in [0.717, 1.165) is 12.5 Å². The highest BCUT2D eigenvalue weighted by molar-refractivity contribution is 6.34. The van der Waals surface area contributed by atoms with Crippen LogP contribution in [0.25, 0.3) is 11.0 Å². The molecule has 3 heterocycles. The zero-order chi connectivity index (χ0) is 32.4. The molecule has 3 aromatic carbocycles. The lowest BCUT2D eigenvalue weighted by Crippen LogP contribution is -2.45. The number of rotatable bonds is 10. The number of non-ortho nitro benzene ring substituents is 1. The maximum Gasteiger partial charge on any atom is 0.270 e. The van der Waals surface area contributed by atoms with Crippen LogP contribution in [0, 0.1) is 10.1 Å². The van der Waals surface area contributed by atoms with Crippen molar-refractivity contribution in [2.75, 3.05) is 26.5 Å². The number of nitro benzene ring substituents is 1. The SMILES string of the molecule is O=C(CN(CC1CCCO1)C(=O)c1ccc([N+](=O)[O-])cc1Cl)N(Cc1ccc2c(c1)OCO2)Cc1coc2ccc(Cl)cc2c1=O. The number of halogens is 2. The Morgan fingerprint density at radius 3 is 2.57 bits per heavy atom. The smallest absolute Gasteiger partial charge is 0.270 e. The Morgan fingerprint density at radius 1 is 0.978 bits per heavy atom. The molecule has 2 aliphatic heterocycles. The van der Waals surface area contributed by atoms with Crippen molar-refractivity contribution in [1.29, 1.82) is 0 Å². The number of hydrogen-bond acceptors (Lipinski definition) is 9. The van der Waals surface area contributed by atoms with Gasteiger partial charge < -0.3 is 28.4 Å². The second kappa shape index (κ2) is 13.4. The van der Waals surface area contributed by atoms with Crippen molar-refractivity contribution >= 4 is 51.7 Å². The molecule has 0 spiro atoms. The van der Waals surface area contributed by atoms with E-state index in [1.165, 1.54) is 34.3 Å². The second-order valence-electron chi connectivity index (χ2n) is 10.9. The van der Waals surface area contributed by atoms with Gasteiger partial charge in [-0.05, 0) is 54.8 Å². The Bertz CT molecular complexity index is 1890. The fourth-order valence-corrected chi connectivity index (χ4v) is 5.86. The molecule has 238 valence electrons.